The van der Waals surface area contributed by atoms with E-state index in [0.29, 0.717) is 17.6 Å². The molecule has 2 nitrogen and oxygen atoms in total. The molecule has 0 aliphatic heterocycles. The molecule has 6 heteroatoms. The average Bonchev–Trinajstić information content (AvgIpc) is 2.84. The van der Waals surface area contributed by atoms with Crippen LogP contribution < -0.4 is 15.5 Å². The number of hydrogen-bond donors (Lipinski definition) is 1. The van der Waals surface area contributed by atoms with E-state index in [0.717, 1.165) is 26.9 Å². The van der Waals surface area contributed by atoms with Crippen molar-refractivity contribution >= 4 is 39.7 Å². The molecule has 0 aliphatic carbocycles. The fraction of sp³-hybridized carbons (Fsp3) is 0.125. The first-order valence-electron chi connectivity index (χ1n) is 6.62. The number of nitrogens with one attached hydrogen (secondary N) is 1. The Hall–Kier alpha value is -2.08. The molecule has 0 aliphatic rings. The van der Waals surface area contributed by atoms with E-state index in [2.05, 4.69) is 5.32 Å². The smallest absolute Gasteiger partial charge is 0.159 e. The largest absolute Gasteiger partial charge is 0.497 e. The highest BCUT2D eigenvalue weighted by atomic mass is 32.1. The number of thiophene rings is 1. The number of anilines is 1. The van der Waals surface area contributed by atoms with Gasteiger partial charge in [-0.2, -0.15) is 0 Å². The summed E-state index contributed by atoms with van der Waals surface area (Å²) in [5.41, 5.74) is 1.29. The van der Waals surface area contributed by atoms with Crippen LogP contribution in [0.3, 0.4) is 0 Å². The van der Waals surface area contributed by atoms with Crippen LogP contribution in [0.4, 0.5) is 13.8 Å². The van der Waals surface area contributed by atoms with Crippen molar-refractivity contribution in [1.29, 1.82) is 0 Å². The summed E-state index contributed by atoms with van der Waals surface area (Å²) in [6, 6.07) is 9.50. The highest BCUT2D eigenvalue weighted by molar-refractivity contribution is 7.24. The van der Waals surface area contributed by atoms with Crippen molar-refractivity contribution in [2.75, 3.05) is 12.4 Å². The van der Waals surface area contributed by atoms with Crippen LogP contribution in [0.15, 0.2) is 36.4 Å². The fourth-order valence-corrected chi connectivity index (χ4v) is 3.23. The molecule has 22 heavy (non-hydrogen) atoms. The number of benzene rings is 2. The molecule has 2 aromatic carbocycles. The van der Waals surface area contributed by atoms with Crippen LogP contribution in [0.5, 0.6) is 5.75 Å². The Labute approximate surface area is 132 Å². The zero-order valence-electron chi connectivity index (χ0n) is 11.8. The number of rotatable bonds is 4. The van der Waals surface area contributed by atoms with Gasteiger partial charge < -0.3 is 10.1 Å². The number of hydrogen-bond acceptors (Lipinski definition) is 3. The molecule has 110 valence electrons. The van der Waals surface area contributed by atoms with Crippen molar-refractivity contribution in [1.82, 2.24) is 0 Å². The summed E-state index contributed by atoms with van der Waals surface area (Å²) in [5, 5.41) is 4.91. The Morgan fingerprint density at radius 3 is 2.68 bits per heavy atom. The van der Waals surface area contributed by atoms with E-state index in [4.69, 9.17) is 12.6 Å². The topological polar surface area (TPSA) is 21.3 Å². The molecular weight excluding hydrogens is 303 g/mol. The van der Waals surface area contributed by atoms with Crippen LogP contribution in [0, 0.1) is 11.6 Å². The maximum atomic E-state index is 13.2. The number of fused-ring (bicyclic) bond motifs is 1. The minimum absolute atomic E-state index is 0.366. The van der Waals surface area contributed by atoms with Gasteiger partial charge in [-0.25, -0.2) is 8.78 Å². The second kappa shape index (κ2) is 5.97. The Bertz CT molecular complexity index is 834. The van der Waals surface area contributed by atoms with E-state index < -0.39 is 11.6 Å². The van der Waals surface area contributed by atoms with Crippen LogP contribution in [0.2, 0.25) is 0 Å². The van der Waals surface area contributed by atoms with Crippen molar-refractivity contribution in [3.63, 3.8) is 0 Å². The van der Waals surface area contributed by atoms with Gasteiger partial charge in [-0.3, -0.25) is 0 Å². The standard InChI is InChI=1S/C16H12BF2NOS/c1-21-10-3-4-11-14(7-10)22-16(15(11)17)20-8-9-2-5-12(18)13(19)6-9/h2-7,20H,8H2,1H3. The maximum Gasteiger partial charge on any atom is 0.159 e. The monoisotopic (exact) mass is 315 g/mol. The van der Waals surface area contributed by atoms with Gasteiger partial charge in [0, 0.05) is 11.2 Å². The molecule has 0 fully saturated rings. The molecule has 3 aromatic rings. The minimum Gasteiger partial charge on any atom is -0.497 e. The van der Waals surface area contributed by atoms with Gasteiger partial charge in [0.2, 0.25) is 0 Å². The molecule has 1 heterocycles. The molecule has 0 spiro atoms. The van der Waals surface area contributed by atoms with E-state index in [1.165, 1.54) is 23.5 Å². The summed E-state index contributed by atoms with van der Waals surface area (Å²) in [4.78, 5) is 0. The Balaban J connectivity index is 1.84. The SMILES string of the molecule is [B]c1c(NCc2ccc(F)c(F)c2)sc2cc(OC)ccc12. The zero-order chi connectivity index (χ0) is 15.7. The van der Waals surface area contributed by atoms with Crippen LogP contribution >= 0.6 is 11.3 Å². The summed E-state index contributed by atoms with van der Waals surface area (Å²) >= 11 is 1.50. The molecular formula is C16H12BF2NOS. The van der Waals surface area contributed by atoms with Crippen molar-refractivity contribution in [3.8, 4) is 5.75 Å². The van der Waals surface area contributed by atoms with E-state index in [9.17, 15) is 8.78 Å². The van der Waals surface area contributed by atoms with Gasteiger partial charge in [-0.15, -0.1) is 11.3 Å². The lowest BCUT2D eigenvalue weighted by Crippen LogP contribution is -2.09. The van der Waals surface area contributed by atoms with Crippen LogP contribution in [-0.4, -0.2) is 15.0 Å². The zero-order valence-corrected chi connectivity index (χ0v) is 12.6. The first-order chi connectivity index (χ1) is 10.6. The van der Waals surface area contributed by atoms with Crippen molar-refractivity contribution in [3.05, 3.63) is 53.6 Å². The fourth-order valence-electron chi connectivity index (χ4n) is 2.19. The van der Waals surface area contributed by atoms with Crippen molar-refractivity contribution < 1.29 is 13.5 Å². The summed E-state index contributed by atoms with van der Waals surface area (Å²) < 4.78 is 32.3. The first kappa shape index (κ1) is 14.8. The van der Waals surface area contributed by atoms with Gasteiger partial charge in [0.25, 0.3) is 0 Å². The van der Waals surface area contributed by atoms with Crippen LogP contribution in [-0.2, 0) is 6.54 Å². The third-order valence-corrected chi connectivity index (χ3v) is 4.50. The van der Waals surface area contributed by atoms with Gasteiger partial charge in [-0.05, 0) is 35.2 Å². The molecule has 0 unspecified atom stereocenters. The normalized spacial score (nSPS) is 10.9. The lowest BCUT2D eigenvalue weighted by Gasteiger charge is -2.06. The molecule has 3 rings (SSSR count). The maximum absolute atomic E-state index is 13.2. The lowest BCUT2D eigenvalue weighted by atomic mass is 9.94. The van der Waals surface area contributed by atoms with E-state index in [1.807, 2.05) is 18.2 Å². The molecule has 0 saturated carbocycles. The minimum atomic E-state index is -0.853. The van der Waals surface area contributed by atoms with E-state index >= 15 is 0 Å². The lowest BCUT2D eigenvalue weighted by molar-refractivity contribution is 0.415. The number of halogens is 2. The Morgan fingerprint density at radius 1 is 1.14 bits per heavy atom. The summed E-state index contributed by atoms with van der Waals surface area (Å²) in [6.45, 7) is 0.366. The second-order valence-corrected chi connectivity index (χ2v) is 5.86. The molecule has 1 N–H and O–H groups in total. The highest BCUT2D eigenvalue weighted by Gasteiger charge is 2.09. The first-order valence-corrected chi connectivity index (χ1v) is 7.44. The van der Waals surface area contributed by atoms with Gasteiger partial charge >= 0.3 is 0 Å². The summed E-state index contributed by atoms with van der Waals surface area (Å²) in [5.74, 6) is -0.938. The van der Waals surface area contributed by atoms with E-state index in [-0.39, 0.29) is 0 Å². The van der Waals surface area contributed by atoms with Crippen molar-refractivity contribution in [2.45, 2.75) is 6.54 Å². The molecule has 1 aromatic heterocycles. The molecule has 2 radical (unpaired) electrons. The summed E-state index contributed by atoms with van der Waals surface area (Å²) in [7, 11) is 7.73. The predicted molar refractivity (Wildman–Crippen MR) is 87.4 cm³/mol. The highest BCUT2D eigenvalue weighted by Crippen LogP contribution is 2.30. The third kappa shape index (κ3) is 2.79. The van der Waals surface area contributed by atoms with Gasteiger partial charge in [-0.1, -0.05) is 17.6 Å². The van der Waals surface area contributed by atoms with Crippen LogP contribution in [0.1, 0.15) is 5.56 Å². The Morgan fingerprint density at radius 2 is 1.95 bits per heavy atom. The number of ether oxygens (including phenoxy) is 1. The van der Waals surface area contributed by atoms with Gasteiger partial charge in [0.15, 0.2) is 11.6 Å². The quantitative estimate of drug-likeness (QED) is 0.743. The molecule has 0 bridgehead atoms. The third-order valence-electron chi connectivity index (χ3n) is 3.37. The predicted octanol–water partition coefficient (Wildman–Crippen LogP) is 3.59. The molecule has 0 amide bonds. The summed E-state index contributed by atoms with van der Waals surface area (Å²) in [6.07, 6.45) is 0. The van der Waals surface area contributed by atoms with Crippen LogP contribution in [0.25, 0.3) is 10.1 Å². The van der Waals surface area contributed by atoms with E-state index in [1.54, 1.807) is 7.11 Å². The molecule has 0 saturated heterocycles. The Kier molecular flexibility index (Phi) is 4.03. The van der Waals surface area contributed by atoms with Gasteiger partial charge in [0.1, 0.15) is 13.6 Å². The number of methoxy groups -OCH3 is 1. The molecule has 0 atom stereocenters. The average molecular weight is 315 g/mol. The second-order valence-electron chi connectivity index (χ2n) is 4.81. The van der Waals surface area contributed by atoms with Crippen molar-refractivity contribution in [2.24, 2.45) is 0 Å². The van der Waals surface area contributed by atoms with Gasteiger partial charge in [0.05, 0.1) is 12.1 Å².